The van der Waals surface area contributed by atoms with E-state index in [1.165, 1.54) is 20.8 Å². The van der Waals surface area contributed by atoms with Crippen molar-refractivity contribution in [2.24, 2.45) is 33.8 Å². The molecule has 5 heterocycles. The third-order valence-corrected chi connectivity index (χ3v) is 11.8. The minimum atomic E-state index is -1.85. The Labute approximate surface area is 340 Å². The molecule has 2 bridgehead atoms. The molecule has 3 fully saturated rings. The predicted octanol–water partition coefficient (Wildman–Crippen LogP) is 3.16. The van der Waals surface area contributed by atoms with Crippen molar-refractivity contribution in [3.05, 3.63) is 30.4 Å². The number of imidazole rings is 1. The van der Waals surface area contributed by atoms with Gasteiger partial charge in [-0.1, -0.05) is 32.9 Å². The molecule has 2 N–H and O–H groups in total. The topological polar surface area (TPSA) is 205 Å². The average Bonchev–Trinajstić information content (AvgIpc) is 3.58. The van der Waals surface area contributed by atoms with Crippen molar-refractivity contribution >= 4 is 34.9 Å². The Morgan fingerprint density at radius 2 is 1.84 bits per heavy atom. The van der Waals surface area contributed by atoms with Gasteiger partial charge < -0.3 is 43.6 Å². The summed E-state index contributed by atoms with van der Waals surface area (Å²) in [5, 5.41) is 28.5. The number of cyclic esters (lactones) is 1. The van der Waals surface area contributed by atoms with Gasteiger partial charge in [0.1, 0.15) is 35.1 Å². The standard InChI is InChI=1S/C41H62N6O11/c1-12-31-41(9,52)36-24(4)32(43-27(7)48)22(2)17-40(8,54-20-29(19-53-36)45-55-21-28-18-47-15-13-14-42-39(47)44-28)35(25(5)33(49)26(6)37(51)57-31)58-38-34(50)30(46(10)11)16-23(3)56-38/h13-15,18,22-26,30-31,34-36,38,50,52H,12,16-17,19-21H2,1-11H3/b43-32+,45-29+/t22-,23-,24+,25+,26-,30+,31-,34-,35-,36-,38+,40-,41-/m1/s1. The highest BCUT2D eigenvalue weighted by Crippen LogP contribution is 2.40. The van der Waals surface area contributed by atoms with Crippen molar-refractivity contribution in [1.29, 1.82) is 0 Å². The third-order valence-electron chi connectivity index (χ3n) is 11.8. The molecule has 1 amide bonds. The maximum atomic E-state index is 14.5. The first-order valence-electron chi connectivity index (χ1n) is 20.2. The molecule has 322 valence electrons. The van der Waals surface area contributed by atoms with Crippen LogP contribution < -0.4 is 0 Å². The van der Waals surface area contributed by atoms with Crippen LogP contribution in [0.1, 0.15) is 87.3 Å². The molecule has 3 saturated heterocycles. The minimum Gasteiger partial charge on any atom is -0.459 e. The highest BCUT2D eigenvalue weighted by Gasteiger charge is 2.53. The summed E-state index contributed by atoms with van der Waals surface area (Å²) in [6.45, 7) is 14.7. The molecule has 3 aliphatic heterocycles. The Morgan fingerprint density at radius 1 is 1.12 bits per heavy atom. The minimum absolute atomic E-state index is 0.0146. The van der Waals surface area contributed by atoms with Gasteiger partial charge in [-0.05, 0) is 73.0 Å². The maximum Gasteiger partial charge on any atom is 0.316 e. The SMILES string of the molecule is CC[C@H]1OC(=O)[C@H](C)C(=O)[C@H](C)[C@@H](O[C@@H]2O[C@H](C)C[C@H](N(C)C)[C@H]2O)[C@@]2(C)C[C@@H](C)/C(=N\C(C)=O)[C@H](C)[C@@H](OC/C(=N\OCc3cn4cccnc4n3)CO2)[C@]1(C)O. The van der Waals surface area contributed by atoms with Crippen molar-refractivity contribution in [1.82, 2.24) is 19.3 Å². The van der Waals surface area contributed by atoms with E-state index in [2.05, 4.69) is 20.1 Å². The number of aromatic nitrogens is 3. The summed E-state index contributed by atoms with van der Waals surface area (Å²) in [5.74, 6) is -4.84. The Hall–Kier alpha value is -3.71. The lowest BCUT2D eigenvalue weighted by molar-refractivity contribution is -0.296. The Kier molecular flexibility index (Phi) is 14.6. The number of amides is 1. The van der Waals surface area contributed by atoms with Gasteiger partial charge in [-0.2, -0.15) is 0 Å². The molecule has 2 aromatic heterocycles. The van der Waals surface area contributed by atoms with E-state index in [-0.39, 0.29) is 50.5 Å². The van der Waals surface area contributed by atoms with Crippen LogP contribution in [0.4, 0.5) is 0 Å². The molecule has 5 rings (SSSR count). The number of carbonyl (C=O) groups is 3. The summed E-state index contributed by atoms with van der Waals surface area (Å²) in [6.07, 6.45) is 0.0931. The van der Waals surface area contributed by atoms with Crippen LogP contribution >= 0.6 is 0 Å². The predicted molar refractivity (Wildman–Crippen MR) is 212 cm³/mol. The zero-order valence-electron chi connectivity index (χ0n) is 35.7. The van der Waals surface area contributed by atoms with Gasteiger partial charge in [0.25, 0.3) is 0 Å². The van der Waals surface area contributed by atoms with Crippen LogP contribution in [0.25, 0.3) is 5.78 Å². The number of fused-ring (bicyclic) bond motifs is 6. The van der Waals surface area contributed by atoms with Crippen molar-refractivity contribution in [2.75, 3.05) is 27.3 Å². The number of likely N-dealkylation sites (N-methyl/N-ethyl adjacent to an activating group) is 1. The number of esters is 1. The summed E-state index contributed by atoms with van der Waals surface area (Å²) in [4.78, 5) is 62.1. The number of aliphatic imine (C=N–C) groups is 1. The molecular formula is C41H62N6O11. The number of oxime groups is 1. The summed E-state index contributed by atoms with van der Waals surface area (Å²) < 4.78 is 34.2. The van der Waals surface area contributed by atoms with Gasteiger partial charge >= 0.3 is 5.97 Å². The van der Waals surface area contributed by atoms with E-state index in [1.807, 2.05) is 39.0 Å². The Bertz CT molecular complexity index is 1800. The van der Waals surface area contributed by atoms with E-state index in [0.717, 1.165) is 0 Å². The molecule has 0 aliphatic carbocycles. The van der Waals surface area contributed by atoms with Crippen LogP contribution in [0.2, 0.25) is 0 Å². The summed E-state index contributed by atoms with van der Waals surface area (Å²) in [7, 11) is 3.73. The second-order valence-electron chi connectivity index (χ2n) is 16.9. The zero-order chi connectivity index (χ0) is 42.7. The number of aliphatic hydroxyl groups excluding tert-OH is 1. The fraction of sp³-hybridized carbons (Fsp3) is 0.732. The van der Waals surface area contributed by atoms with E-state index in [0.29, 0.717) is 23.6 Å². The first kappa shape index (κ1) is 45.4. The Morgan fingerprint density at radius 3 is 2.50 bits per heavy atom. The molecule has 58 heavy (non-hydrogen) atoms. The van der Waals surface area contributed by atoms with Gasteiger partial charge in [-0.25, -0.2) is 15.0 Å². The summed E-state index contributed by atoms with van der Waals surface area (Å²) >= 11 is 0. The summed E-state index contributed by atoms with van der Waals surface area (Å²) in [5.41, 5.74) is -2.00. The molecule has 13 atom stereocenters. The normalized spacial score (nSPS) is 38.6. The van der Waals surface area contributed by atoms with E-state index in [4.69, 9.17) is 28.5 Å². The zero-order valence-corrected chi connectivity index (χ0v) is 35.7. The number of nitrogens with zero attached hydrogens (tertiary/aromatic N) is 6. The highest BCUT2D eigenvalue weighted by atomic mass is 16.7. The largest absolute Gasteiger partial charge is 0.459 e. The number of ketones is 1. The lowest BCUT2D eigenvalue weighted by Crippen LogP contribution is -2.60. The molecule has 17 heteroatoms. The molecule has 0 saturated carbocycles. The number of hydrogen-bond acceptors (Lipinski definition) is 15. The van der Waals surface area contributed by atoms with Crippen LogP contribution in [0.3, 0.4) is 0 Å². The number of hydrogen-bond donors (Lipinski definition) is 2. The number of aliphatic hydroxyl groups is 2. The molecule has 17 nitrogen and oxygen atoms in total. The summed E-state index contributed by atoms with van der Waals surface area (Å²) in [6, 6.07) is 1.46. The average molecular weight is 815 g/mol. The van der Waals surface area contributed by atoms with Gasteiger partial charge in [-0.15, -0.1) is 0 Å². The molecule has 0 aromatic carbocycles. The first-order valence-corrected chi connectivity index (χ1v) is 20.2. The lowest BCUT2D eigenvalue weighted by atomic mass is 9.73. The quantitative estimate of drug-likeness (QED) is 0.234. The van der Waals surface area contributed by atoms with Gasteiger partial charge in [-0.3, -0.25) is 18.8 Å². The first-order chi connectivity index (χ1) is 27.3. The fourth-order valence-corrected chi connectivity index (χ4v) is 8.74. The number of ether oxygens (including phenoxy) is 5. The molecule has 3 aliphatic rings. The van der Waals surface area contributed by atoms with Crippen molar-refractivity contribution in [3.8, 4) is 0 Å². The highest BCUT2D eigenvalue weighted by molar-refractivity contribution is 6.00. The molecule has 0 radical (unpaired) electrons. The van der Waals surface area contributed by atoms with Crippen molar-refractivity contribution in [3.63, 3.8) is 0 Å². The van der Waals surface area contributed by atoms with Crippen LogP contribution in [0.5, 0.6) is 0 Å². The fourth-order valence-electron chi connectivity index (χ4n) is 8.74. The van der Waals surface area contributed by atoms with E-state index < -0.39 is 83.2 Å². The van der Waals surface area contributed by atoms with Crippen LogP contribution in [0.15, 0.2) is 34.8 Å². The van der Waals surface area contributed by atoms with E-state index in [1.54, 1.807) is 50.6 Å². The van der Waals surface area contributed by atoms with Gasteiger partial charge in [0.2, 0.25) is 11.7 Å². The number of rotatable bonds is 7. The number of Topliss-reactive ketones (excluding diaryl/α,β-unsaturated/α-hetero) is 1. The molecule has 0 unspecified atom stereocenters. The monoisotopic (exact) mass is 814 g/mol. The van der Waals surface area contributed by atoms with Gasteiger partial charge in [0.15, 0.2) is 18.7 Å². The molecule has 2 aromatic rings. The maximum absolute atomic E-state index is 14.5. The van der Waals surface area contributed by atoms with Crippen LogP contribution in [0, 0.1) is 23.7 Å². The van der Waals surface area contributed by atoms with Crippen molar-refractivity contribution in [2.45, 2.75) is 142 Å². The second-order valence-corrected chi connectivity index (χ2v) is 16.9. The van der Waals surface area contributed by atoms with E-state index >= 15 is 0 Å². The lowest BCUT2D eigenvalue weighted by Gasteiger charge is -2.47. The number of carbonyl (C=O) groups excluding carboxylic acids is 3. The van der Waals surface area contributed by atoms with Crippen LogP contribution in [-0.2, 0) is 49.5 Å². The Balaban J connectivity index is 1.66. The smallest absolute Gasteiger partial charge is 0.316 e. The third kappa shape index (κ3) is 10.00. The van der Waals surface area contributed by atoms with Crippen molar-refractivity contribution < 1.29 is 53.1 Å². The molecular weight excluding hydrogens is 752 g/mol. The second kappa shape index (κ2) is 18.7. The van der Waals surface area contributed by atoms with Gasteiger partial charge in [0.05, 0.1) is 37.1 Å². The molecule has 0 spiro atoms. The van der Waals surface area contributed by atoms with E-state index in [9.17, 15) is 24.6 Å². The van der Waals surface area contributed by atoms with Gasteiger partial charge in [0, 0.05) is 49.1 Å². The van der Waals surface area contributed by atoms with Crippen LogP contribution in [-0.4, -0.2) is 140 Å².